The first-order valence-corrected chi connectivity index (χ1v) is 8.19. The van der Waals surface area contributed by atoms with Crippen LogP contribution in [0.1, 0.15) is 5.82 Å². The number of aliphatic hydroxyl groups is 1. The number of hydrogen-bond donors (Lipinski definition) is 2. The van der Waals surface area contributed by atoms with E-state index in [0.29, 0.717) is 28.5 Å². The second-order valence-electron chi connectivity index (χ2n) is 5.90. The Labute approximate surface area is 148 Å². The third-order valence-electron chi connectivity index (χ3n) is 4.32. The summed E-state index contributed by atoms with van der Waals surface area (Å²) in [6, 6.07) is 18.3. The predicted octanol–water partition coefficient (Wildman–Crippen LogP) is 2.83. The van der Waals surface area contributed by atoms with Gasteiger partial charge in [-0.2, -0.15) is 4.52 Å². The van der Waals surface area contributed by atoms with Gasteiger partial charge >= 0.3 is 0 Å². The summed E-state index contributed by atoms with van der Waals surface area (Å²) >= 11 is 0. The molecule has 0 bridgehead atoms. The smallest absolute Gasteiger partial charge is 0.185 e. The van der Waals surface area contributed by atoms with Crippen molar-refractivity contribution in [2.45, 2.75) is 6.61 Å². The lowest BCUT2D eigenvalue weighted by Crippen LogP contribution is -2.03. The summed E-state index contributed by atoms with van der Waals surface area (Å²) in [6.45, 7) is -0.241. The van der Waals surface area contributed by atoms with Gasteiger partial charge in [0, 0.05) is 5.56 Å². The molecule has 0 radical (unpaired) electrons. The first-order chi connectivity index (χ1) is 12.8. The average molecular weight is 342 g/mol. The number of aromatic amines is 1. The van der Waals surface area contributed by atoms with Crippen molar-refractivity contribution in [1.29, 1.82) is 0 Å². The van der Waals surface area contributed by atoms with Gasteiger partial charge in [-0.1, -0.05) is 54.6 Å². The molecule has 3 heterocycles. The van der Waals surface area contributed by atoms with Gasteiger partial charge in [-0.15, -0.1) is 5.10 Å². The molecule has 0 unspecified atom stereocenters. The van der Waals surface area contributed by atoms with Crippen molar-refractivity contribution < 1.29 is 5.11 Å². The third-order valence-corrected chi connectivity index (χ3v) is 4.32. The van der Waals surface area contributed by atoms with Crippen molar-refractivity contribution in [1.82, 2.24) is 29.5 Å². The molecule has 0 atom stereocenters. The largest absolute Gasteiger partial charge is 0.388 e. The molecule has 0 amide bonds. The monoisotopic (exact) mass is 342 g/mol. The van der Waals surface area contributed by atoms with E-state index in [1.807, 2.05) is 42.5 Å². The van der Waals surface area contributed by atoms with Crippen molar-refractivity contribution in [2.24, 2.45) is 0 Å². The minimum atomic E-state index is -0.241. The van der Waals surface area contributed by atoms with Crippen LogP contribution < -0.4 is 0 Å². The van der Waals surface area contributed by atoms with Gasteiger partial charge in [-0.05, 0) is 11.1 Å². The zero-order chi connectivity index (χ0) is 17.5. The Morgan fingerprint density at radius 3 is 2.38 bits per heavy atom. The molecule has 0 saturated heterocycles. The van der Waals surface area contributed by atoms with Gasteiger partial charge in [-0.25, -0.2) is 15.0 Å². The molecule has 5 rings (SSSR count). The predicted molar refractivity (Wildman–Crippen MR) is 97.2 cm³/mol. The summed E-state index contributed by atoms with van der Waals surface area (Å²) in [7, 11) is 0. The number of aliphatic hydroxyl groups excluding tert-OH is 1. The fourth-order valence-electron chi connectivity index (χ4n) is 3.03. The summed E-state index contributed by atoms with van der Waals surface area (Å²) in [5.74, 6) is 0.975. The molecule has 0 aliphatic heterocycles. The SMILES string of the molecule is OCc1nc2nc[nH]c2c2nc(-c3ccc(-c4ccccc4)cc3)nn12. The second kappa shape index (κ2) is 5.75. The zero-order valence-corrected chi connectivity index (χ0v) is 13.7. The molecule has 126 valence electrons. The lowest BCUT2D eigenvalue weighted by atomic mass is 10.0. The van der Waals surface area contributed by atoms with Gasteiger partial charge in [0.1, 0.15) is 12.1 Å². The number of imidazole rings is 1. The average Bonchev–Trinajstić information content (AvgIpc) is 3.34. The van der Waals surface area contributed by atoms with Crippen LogP contribution in [0.25, 0.3) is 39.3 Å². The van der Waals surface area contributed by atoms with Crippen molar-refractivity contribution in [3.05, 3.63) is 66.7 Å². The second-order valence-corrected chi connectivity index (χ2v) is 5.90. The number of aromatic nitrogens is 6. The fraction of sp³-hybridized carbons (Fsp3) is 0.0526. The van der Waals surface area contributed by atoms with E-state index in [0.717, 1.165) is 16.7 Å². The molecule has 7 heteroatoms. The number of nitrogens with one attached hydrogen (secondary N) is 1. The number of H-pyrrole nitrogens is 1. The van der Waals surface area contributed by atoms with Crippen LogP contribution in [-0.2, 0) is 6.61 Å². The lowest BCUT2D eigenvalue weighted by molar-refractivity contribution is 0.268. The Morgan fingerprint density at radius 2 is 1.62 bits per heavy atom. The molecule has 3 aromatic heterocycles. The van der Waals surface area contributed by atoms with Crippen molar-refractivity contribution in [3.8, 4) is 22.5 Å². The summed E-state index contributed by atoms with van der Waals surface area (Å²) in [5, 5.41) is 14.1. The summed E-state index contributed by atoms with van der Waals surface area (Å²) in [4.78, 5) is 16.1. The lowest BCUT2D eigenvalue weighted by Gasteiger charge is -2.02. The highest BCUT2D eigenvalue weighted by atomic mass is 16.3. The van der Waals surface area contributed by atoms with Crippen LogP contribution in [0.4, 0.5) is 0 Å². The Balaban J connectivity index is 1.63. The Bertz CT molecular complexity index is 1210. The maximum Gasteiger partial charge on any atom is 0.185 e. The zero-order valence-electron chi connectivity index (χ0n) is 13.7. The van der Waals surface area contributed by atoms with Crippen LogP contribution in [0.3, 0.4) is 0 Å². The van der Waals surface area contributed by atoms with Crippen LogP contribution in [-0.4, -0.2) is 34.7 Å². The van der Waals surface area contributed by atoms with Crippen LogP contribution in [0.5, 0.6) is 0 Å². The van der Waals surface area contributed by atoms with Crippen molar-refractivity contribution in [3.63, 3.8) is 0 Å². The van der Waals surface area contributed by atoms with Crippen molar-refractivity contribution in [2.75, 3.05) is 0 Å². The first kappa shape index (κ1) is 14.7. The number of fused-ring (bicyclic) bond motifs is 3. The number of nitrogens with zero attached hydrogens (tertiary/aromatic N) is 5. The van der Waals surface area contributed by atoms with Gasteiger partial charge < -0.3 is 10.1 Å². The molecule has 0 aliphatic rings. The molecular weight excluding hydrogens is 328 g/mol. The molecule has 26 heavy (non-hydrogen) atoms. The van der Waals surface area contributed by atoms with E-state index in [2.05, 4.69) is 37.2 Å². The Hall–Kier alpha value is -3.58. The third kappa shape index (κ3) is 2.26. The fourth-order valence-corrected chi connectivity index (χ4v) is 3.03. The van der Waals surface area contributed by atoms with E-state index < -0.39 is 0 Å². The van der Waals surface area contributed by atoms with Crippen LogP contribution in [0.2, 0.25) is 0 Å². The topological polar surface area (TPSA) is 92.0 Å². The van der Waals surface area contributed by atoms with E-state index in [4.69, 9.17) is 0 Å². The molecule has 0 fully saturated rings. The highest BCUT2D eigenvalue weighted by Gasteiger charge is 2.15. The molecule has 7 nitrogen and oxygen atoms in total. The molecule has 5 aromatic rings. The molecule has 0 saturated carbocycles. The van der Waals surface area contributed by atoms with E-state index in [-0.39, 0.29) is 6.61 Å². The Kier molecular flexibility index (Phi) is 3.26. The first-order valence-electron chi connectivity index (χ1n) is 8.19. The van der Waals surface area contributed by atoms with E-state index >= 15 is 0 Å². The van der Waals surface area contributed by atoms with Gasteiger partial charge in [0.2, 0.25) is 0 Å². The molecule has 0 spiro atoms. The minimum absolute atomic E-state index is 0.241. The summed E-state index contributed by atoms with van der Waals surface area (Å²) in [6.07, 6.45) is 1.56. The molecule has 2 aromatic carbocycles. The standard InChI is InChI=1S/C19H14N6O/c26-10-15-22-18-16(20-11-21-18)19-23-17(24-25(15)19)14-8-6-13(7-9-14)12-4-2-1-3-5-12/h1-9,11,26H,10H2,(H,20,21). The van der Waals surface area contributed by atoms with E-state index in [1.54, 1.807) is 10.8 Å². The van der Waals surface area contributed by atoms with Crippen LogP contribution >= 0.6 is 0 Å². The maximum atomic E-state index is 9.59. The van der Waals surface area contributed by atoms with Crippen molar-refractivity contribution >= 4 is 16.8 Å². The van der Waals surface area contributed by atoms with E-state index in [1.165, 1.54) is 0 Å². The minimum Gasteiger partial charge on any atom is -0.388 e. The van der Waals surface area contributed by atoms with Gasteiger partial charge in [-0.3, -0.25) is 0 Å². The highest BCUT2D eigenvalue weighted by Crippen LogP contribution is 2.24. The molecule has 0 aliphatic carbocycles. The normalized spacial score (nSPS) is 11.4. The van der Waals surface area contributed by atoms with Gasteiger partial charge in [0.25, 0.3) is 0 Å². The van der Waals surface area contributed by atoms with E-state index in [9.17, 15) is 5.11 Å². The number of hydrogen-bond acceptors (Lipinski definition) is 5. The summed E-state index contributed by atoms with van der Waals surface area (Å²) < 4.78 is 1.56. The summed E-state index contributed by atoms with van der Waals surface area (Å²) in [5.41, 5.74) is 4.99. The highest BCUT2D eigenvalue weighted by molar-refractivity contribution is 5.85. The van der Waals surface area contributed by atoms with Gasteiger partial charge in [0.05, 0.1) is 6.33 Å². The van der Waals surface area contributed by atoms with Gasteiger partial charge in [0.15, 0.2) is 22.9 Å². The van der Waals surface area contributed by atoms with Crippen LogP contribution in [0, 0.1) is 0 Å². The Morgan fingerprint density at radius 1 is 0.885 bits per heavy atom. The number of benzene rings is 2. The van der Waals surface area contributed by atoms with Crippen LogP contribution in [0.15, 0.2) is 60.9 Å². The quantitative estimate of drug-likeness (QED) is 0.526. The number of rotatable bonds is 3. The molecule has 2 N–H and O–H groups in total. The molecular formula is C19H14N6O. The maximum absolute atomic E-state index is 9.59.